The van der Waals surface area contributed by atoms with Crippen LogP contribution in [0.3, 0.4) is 0 Å². The number of hydrogen-bond donors (Lipinski definition) is 0. The monoisotopic (exact) mass is 839 g/mol. The second-order valence-corrected chi connectivity index (χ2v) is 14.7. The molecule has 6 nitrogen and oxygen atoms in total. The molecule has 0 heterocycles. The summed E-state index contributed by atoms with van der Waals surface area (Å²) in [6.07, 6.45) is 68.6. The SMILES string of the molecule is CC\C=C/C=C\C=C/C=C\C=C/CCCC(=O)OC(COC(=O)CC/C=C\C/C=C\CCCCCCCC)COC(=O)CCC/C=C\C/C=C\C/C=C\C/C=C\C/C=C\CC. The minimum absolute atomic E-state index is 0.160. The fraction of sp³-hybridized carbons (Fsp3) is 0.509. The molecular weight excluding hydrogens is 757 g/mol. The fourth-order valence-electron chi connectivity index (χ4n) is 5.50. The van der Waals surface area contributed by atoms with Crippen LogP contribution in [0.25, 0.3) is 0 Å². The largest absolute Gasteiger partial charge is 0.462 e. The molecule has 0 aliphatic carbocycles. The second kappa shape index (κ2) is 48.0. The van der Waals surface area contributed by atoms with Crippen LogP contribution in [0, 0.1) is 0 Å². The van der Waals surface area contributed by atoms with Gasteiger partial charge >= 0.3 is 17.9 Å². The van der Waals surface area contributed by atoms with Gasteiger partial charge in [-0.15, -0.1) is 0 Å². The van der Waals surface area contributed by atoms with Crippen LogP contribution in [0.15, 0.2) is 146 Å². The van der Waals surface area contributed by atoms with E-state index in [2.05, 4.69) is 106 Å². The summed E-state index contributed by atoms with van der Waals surface area (Å²) >= 11 is 0. The van der Waals surface area contributed by atoms with Crippen molar-refractivity contribution < 1.29 is 28.6 Å². The third kappa shape index (κ3) is 46.2. The predicted molar refractivity (Wildman–Crippen MR) is 260 cm³/mol. The van der Waals surface area contributed by atoms with E-state index in [1.54, 1.807) is 0 Å². The summed E-state index contributed by atoms with van der Waals surface area (Å²) in [4.78, 5) is 37.7. The van der Waals surface area contributed by atoms with Crippen LogP contribution < -0.4 is 0 Å². The summed E-state index contributed by atoms with van der Waals surface area (Å²) < 4.78 is 16.5. The summed E-state index contributed by atoms with van der Waals surface area (Å²) in [5.74, 6) is -1.17. The van der Waals surface area contributed by atoms with E-state index in [1.165, 1.54) is 38.5 Å². The molecule has 0 rings (SSSR count). The molecule has 0 bridgehead atoms. The van der Waals surface area contributed by atoms with Crippen molar-refractivity contribution in [2.45, 2.75) is 168 Å². The zero-order valence-electron chi connectivity index (χ0n) is 38.4. The van der Waals surface area contributed by atoms with Gasteiger partial charge in [0.25, 0.3) is 0 Å². The molecule has 0 aliphatic rings. The molecule has 0 radical (unpaired) electrons. The number of hydrogen-bond acceptors (Lipinski definition) is 6. The van der Waals surface area contributed by atoms with Crippen molar-refractivity contribution in [1.29, 1.82) is 0 Å². The van der Waals surface area contributed by atoms with E-state index in [1.807, 2.05) is 60.8 Å². The van der Waals surface area contributed by atoms with Gasteiger partial charge in [0, 0.05) is 19.3 Å². The summed E-state index contributed by atoms with van der Waals surface area (Å²) in [5.41, 5.74) is 0. The second-order valence-electron chi connectivity index (χ2n) is 14.7. The Morgan fingerprint density at radius 3 is 1.30 bits per heavy atom. The molecule has 0 saturated carbocycles. The van der Waals surface area contributed by atoms with Crippen molar-refractivity contribution in [2.24, 2.45) is 0 Å². The van der Waals surface area contributed by atoms with E-state index in [0.29, 0.717) is 25.7 Å². The van der Waals surface area contributed by atoms with Crippen molar-refractivity contribution >= 4 is 17.9 Å². The molecule has 1 unspecified atom stereocenters. The third-order valence-electron chi connectivity index (χ3n) is 8.95. The Morgan fingerprint density at radius 2 is 0.754 bits per heavy atom. The number of ether oxygens (including phenoxy) is 3. The lowest BCUT2D eigenvalue weighted by molar-refractivity contribution is -0.166. The van der Waals surface area contributed by atoms with Gasteiger partial charge in [0.05, 0.1) is 0 Å². The van der Waals surface area contributed by atoms with E-state index >= 15 is 0 Å². The van der Waals surface area contributed by atoms with Gasteiger partial charge in [-0.1, -0.05) is 199 Å². The van der Waals surface area contributed by atoms with Crippen LogP contribution in [-0.2, 0) is 28.6 Å². The van der Waals surface area contributed by atoms with Gasteiger partial charge in [-0.3, -0.25) is 14.4 Å². The average molecular weight is 839 g/mol. The van der Waals surface area contributed by atoms with Crippen LogP contribution in [-0.4, -0.2) is 37.2 Å². The van der Waals surface area contributed by atoms with Gasteiger partial charge in [0.15, 0.2) is 6.10 Å². The Hall–Kier alpha value is -4.71. The molecule has 0 N–H and O–H groups in total. The van der Waals surface area contributed by atoms with Crippen LogP contribution in [0.2, 0.25) is 0 Å². The Labute approximate surface area is 372 Å². The zero-order valence-corrected chi connectivity index (χ0v) is 38.4. The van der Waals surface area contributed by atoms with Crippen molar-refractivity contribution in [3.05, 3.63) is 146 Å². The number of carbonyl (C=O) groups is 3. The Morgan fingerprint density at radius 1 is 0.361 bits per heavy atom. The number of rotatable bonds is 39. The molecule has 0 amide bonds. The summed E-state index contributed by atoms with van der Waals surface area (Å²) in [7, 11) is 0. The average Bonchev–Trinajstić information content (AvgIpc) is 3.26. The van der Waals surface area contributed by atoms with Gasteiger partial charge in [-0.2, -0.15) is 0 Å². The van der Waals surface area contributed by atoms with Gasteiger partial charge < -0.3 is 14.2 Å². The van der Waals surface area contributed by atoms with Crippen molar-refractivity contribution in [3.8, 4) is 0 Å². The summed E-state index contributed by atoms with van der Waals surface area (Å²) in [5, 5.41) is 0. The minimum Gasteiger partial charge on any atom is -0.462 e. The highest BCUT2D eigenvalue weighted by atomic mass is 16.6. The number of esters is 3. The molecule has 6 heteroatoms. The van der Waals surface area contributed by atoms with E-state index in [-0.39, 0.29) is 44.4 Å². The first-order chi connectivity index (χ1) is 30.0. The molecule has 0 spiro atoms. The third-order valence-corrected chi connectivity index (χ3v) is 8.95. The Kier molecular flexibility index (Phi) is 44.3. The topological polar surface area (TPSA) is 78.9 Å². The number of allylic oxidation sites excluding steroid dienone is 24. The molecule has 0 fully saturated rings. The van der Waals surface area contributed by atoms with E-state index in [0.717, 1.165) is 57.8 Å². The maximum absolute atomic E-state index is 12.7. The number of unbranched alkanes of at least 4 members (excludes halogenated alkanes) is 8. The molecule has 0 aliphatic heterocycles. The lowest BCUT2D eigenvalue weighted by atomic mass is 10.1. The molecule has 61 heavy (non-hydrogen) atoms. The molecule has 338 valence electrons. The lowest BCUT2D eigenvalue weighted by Gasteiger charge is -2.18. The molecule has 0 aromatic rings. The van der Waals surface area contributed by atoms with Gasteiger partial charge in [-0.05, 0) is 89.9 Å². The maximum Gasteiger partial charge on any atom is 0.306 e. The quantitative estimate of drug-likeness (QED) is 0.0202. The van der Waals surface area contributed by atoms with Crippen molar-refractivity contribution in [3.63, 3.8) is 0 Å². The minimum atomic E-state index is -0.865. The maximum atomic E-state index is 12.7. The predicted octanol–water partition coefficient (Wildman–Crippen LogP) is 15.3. The molecule has 0 saturated heterocycles. The smallest absolute Gasteiger partial charge is 0.306 e. The molecular formula is C55H82O6. The molecule has 0 aromatic carbocycles. The molecule has 1 atom stereocenters. The first kappa shape index (κ1) is 56.3. The van der Waals surface area contributed by atoms with Crippen LogP contribution in [0.4, 0.5) is 0 Å². The number of carbonyl (C=O) groups excluding carboxylic acids is 3. The summed E-state index contributed by atoms with van der Waals surface area (Å²) in [6.45, 7) is 6.16. The summed E-state index contributed by atoms with van der Waals surface area (Å²) in [6, 6.07) is 0. The standard InChI is InChI=1S/C55H82O6/c1-4-7-10-13-16-19-22-25-26-27-28-31-33-36-39-42-45-48-54(57)60-51-52(61-55(58)49-46-43-40-37-34-30-24-21-18-15-12-9-6-3)50-59-53(56)47-44-41-38-35-32-29-23-20-17-14-11-8-5-2/h7,9-10,12,15-16,18-19,21,24-26,28-32,34,36-41,52H,4-6,8,11,13-14,17,20,22-23,27,33,35,42-51H2,1-3H3/b10-7-,12-9-,18-15-,19-16-,24-21-,26-25-,31-28-,32-29-,34-30-,39-36-,40-37-,41-38-. The van der Waals surface area contributed by atoms with Crippen LogP contribution in [0.5, 0.6) is 0 Å². The van der Waals surface area contributed by atoms with Crippen LogP contribution >= 0.6 is 0 Å². The Balaban J connectivity index is 4.68. The zero-order chi connectivity index (χ0) is 44.4. The Bertz CT molecular complexity index is 1430. The van der Waals surface area contributed by atoms with Crippen LogP contribution in [0.1, 0.15) is 162 Å². The highest BCUT2D eigenvalue weighted by molar-refractivity contribution is 5.71. The fourth-order valence-corrected chi connectivity index (χ4v) is 5.50. The van der Waals surface area contributed by atoms with E-state index in [9.17, 15) is 14.4 Å². The van der Waals surface area contributed by atoms with E-state index in [4.69, 9.17) is 14.2 Å². The highest BCUT2D eigenvalue weighted by Gasteiger charge is 2.19. The van der Waals surface area contributed by atoms with Gasteiger partial charge in [-0.25, -0.2) is 0 Å². The van der Waals surface area contributed by atoms with Gasteiger partial charge in [0.2, 0.25) is 0 Å². The van der Waals surface area contributed by atoms with Crippen molar-refractivity contribution in [1.82, 2.24) is 0 Å². The molecule has 0 aromatic heterocycles. The lowest BCUT2D eigenvalue weighted by Crippen LogP contribution is -2.30. The van der Waals surface area contributed by atoms with Gasteiger partial charge in [0.1, 0.15) is 13.2 Å². The van der Waals surface area contributed by atoms with Crippen molar-refractivity contribution in [2.75, 3.05) is 13.2 Å². The van der Waals surface area contributed by atoms with E-state index < -0.39 is 12.1 Å². The highest BCUT2D eigenvalue weighted by Crippen LogP contribution is 2.09. The normalized spacial score (nSPS) is 13.4. The first-order valence-corrected chi connectivity index (χ1v) is 23.4. The first-order valence-electron chi connectivity index (χ1n) is 23.4.